The fourth-order valence-electron chi connectivity index (χ4n) is 3.01. The maximum Gasteiger partial charge on any atom is 0.414 e. The van der Waals surface area contributed by atoms with Crippen LogP contribution in [0, 0.1) is 0 Å². The van der Waals surface area contributed by atoms with Gasteiger partial charge in [-0.25, -0.2) is 4.79 Å². The van der Waals surface area contributed by atoms with E-state index in [4.69, 9.17) is 10.5 Å². The Morgan fingerprint density at radius 2 is 2.24 bits per heavy atom. The molecule has 1 aromatic carbocycles. The predicted octanol–water partition coefficient (Wildman–Crippen LogP) is 1.94. The molecule has 4 rings (SSSR count). The summed E-state index contributed by atoms with van der Waals surface area (Å²) >= 11 is 0. The number of benzene rings is 1. The molecule has 0 bridgehead atoms. The zero-order valence-corrected chi connectivity index (χ0v) is 11.5. The van der Waals surface area contributed by atoms with Crippen molar-refractivity contribution in [1.82, 2.24) is 4.98 Å². The first-order valence-electron chi connectivity index (χ1n) is 7.01. The van der Waals surface area contributed by atoms with Crippen LogP contribution in [0.1, 0.15) is 11.1 Å². The summed E-state index contributed by atoms with van der Waals surface area (Å²) in [7, 11) is 0. The van der Waals surface area contributed by atoms with Crippen LogP contribution in [-0.4, -0.2) is 30.3 Å². The van der Waals surface area contributed by atoms with Gasteiger partial charge in [0.05, 0.1) is 12.2 Å². The van der Waals surface area contributed by atoms with Gasteiger partial charge >= 0.3 is 6.09 Å². The van der Waals surface area contributed by atoms with Crippen molar-refractivity contribution in [2.24, 2.45) is 5.73 Å². The topological polar surface area (TPSA) is 68.5 Å². The minimum absolute atomic E-state index is 0.218. The summed E-state index contributed by atoms with van der Waals surface area (Å²) < 4.78 is 5.21. The van der Waals surface area contributed by atoms with E-state index < -0.39 is 0 Å². The van der Waals surface area contributed by atoms with E-state index in [9.17, 15) is 4.79 Å². The molecular formula is C16H15N3O2. The maximum absolute atomic E-state index is 11.9. The smallest absolute Gasteiger partial charge is 0.414 e. The van der Waals surface area contributed by atoms with Gasteiger partial charge in [-0.15, -0.1) is 0 Å². The molecule has 1 aliphatic carbocycles. The summed E-state index contributed by atoms with van der Waals surface area (Å²) in [4.78, 5) is 18.0. The van der Waals surface area contributed by atoms with Gasteiger partial charge in [0.15, 0.2) is 0 Å². The number of nitrogens with zero attached hydrogens (tertiary/aromatic N) is 2. The van der Waals surface area contributed by atoms with E-state index in [2.05, 4.69) is 17.1 Å². The first-order chi connectivity index (χ1) is 10.3. The summed E-state index contributed by atoms with van der Waals surface area (Å²) in [6.45, 7) is 0.863. The Morgan fingerprint density at radius 1 is 1.33 bits per heavy atom. The van der Waals surface area contributed by atoms with E-state index in [1.807, 2.05) is 24.4 Å². The Kier molecular flexibility index (Phi) is 2.68. The third kappa shape index (κ3) is 1.89. The van der Waals surface area contributed by atoms with Crippen LogP contribution in [0.2, 0.25) is 0 Å². The molecule has 2 heterocycles. The first kappa shape index (κ1) is 12.3. The number of cyclic esters (lactones) is 1. The average molecular weight is 281 g/mol. The second-order valence-electron chi connectivity index (χ2n) is 5.38. The number of hydrogen-bond donors (Lipinski definition) is 1. The standard InChI is InChI=1S/C16H15N3O2/c17-8-13-9-19(16(20)21-13)12-3-4-14-11(7-12)6-10-2-1-5-18-15(10)14/h1-5,7,13H,6,8-9,17H2. The molecule has 2 aliphatic rings. The monoisotopic (exact) mass is 281 g/mol. The van der Waals surface area contributed by atoms with Crippen LogP contribution in [0.5, 0.6) is 0 Å². The Hall–Kier alpha value is -2.40. The lowest BCUT2D eigenvalue weighted by molar-refractivity contribution is 0.145. The number of ether oxygens (including phenoxy) is 1. The van der Waals surface area contributed by atoms with Gasteiger partial charge < -0.3 is 10.5 Å². The Bertz CT molecular complexity index is 729. The molecule has 5 nitrogen and oxygen atoms in total. The molecule has 1 aliphatic heterocycles. The fourth-order valence-corrected chi connectivity index (χ4v) is 3.01. The molecular weight excluding hydrogens is 266 g/mol. The number of nitrogens with two attached hydrogens (primary N) is 1. The first-order valence-corrected chi connectivity index (χ1v) is 7.01. The molecule has 2 N–H and O–H groups in total. The highest BCUT2D eigenvalue weighted by Gasteiger charge is 2.32. The molecule has 21 heavy (non-hydrogen) atoms. The van der Waals surface area contributed by atoms with Gasteiger partial charge in [-0.2, -0.15) is 0 Å². The molecule has 1 aromatic heterocycles. The van der Waals surface area contributed by atoms with E-state index in [-0.39, 0.29) is 12.2 Å². The van der Waals surface area contributed by atoms with E-state index >= 15 is 0 Å². The third-order valence-electron chi connectivity index (χ3n) is 4.06. The normalized spacial score (nSPS) is 19.4. The predicted molar refractivity (Wildman–Crippen MR) is 79.1 cm³/mol. The zero-order valence-electron chi connectivity index (χ0n) is 11.5. The van der Waals surface area contributed by atoms with Gasteiger partial charge in [0.25, 0.3) is 0 Å². The Balaban J connectivity index is 1.69. The number of rotatable bonds is 2. The van der Waals surface area contributed by atoms with Crippen molar-refractivity contribution in [2.75, 3.05) is 18.0 Å². The van der Waals surface area contributed by atoms with Crippen molar-refractivity contribution in [3.05, 3.63) is 47.7 Å². The third-order valence-corrected chi connectivity index (χ3v) is 4.06. The van der Waals surface area contributed by atoms with E-state index in [0.717, 1.165) is 23.4 Å². The Morgan fingerprint density at radius 3 is 3.05 bits per heavy atom. The molecule has 0 radical (unpaired) electrons. The molecule has 0 spiro atoms. The Labute approximate surface area is 122 Å². The second-order valence-corrected chi connectivity index (χ2v) is 5.38. The molecule has 5 heteroatoms. The molecule has 1 atom stereocenters. The number of amides is 1. The van der Waals surface area contributed by atoms with Crippen LogP contribution in [0.4, 0.5) is 10.5 Å². The number of fused-ring (bicyclic) bond motifs is 3. The minimum Gasteiger partial charge on any atom is -0.443 e. The molecule has 1 amide bonds. The van der Waals surface area contributed by atoms with E-state index in [1.54, 1.807) is 4.90 Å². The van der Waals surface area contributed by atoms with Crippen molar-refractivity contribution in [3.8, 4) is 11.3 Å². The van der Waals surface area contributed by atoms with Crippen molar-refractivity contribution in [3.63, 3.8) is 0 Å². The number of carbonyl (C=O) groups is 1. The highest BCUT2D eigenvalue weighted by atomic mass is 16.6. The lowest BCUT2D eigenvalue weighted by Gasteiger charge is -2.14. The van der Waals surface area contributed by atoms with Crippen LogP contribution >= 0.6 is 0 Å². The van der Waals surface area contributed by atoms with Crippen LogP contribution in [0.15, 0.2) is 36.5 Å². The van der Waals surface area contributed by atoms with Crippen molar-refractivity contribution >= 4 is 11.8 Å². The van der Waals surface area contributed by atoms with Gasteiger partial charge in [-0.05, 0) is 29.3 Å². The minimum atomic E-state index is -0.320. The van der Waals surface area contributed by atoms with Crippen LogP contribution in [0.25, 0.3) is 11.3 Å². The number of anilines is 1. The van der Waals surface area contributed by atoms with Crippen molar-refractivity contribution in [2.45, 2.75) is 12.5 Å². The van der Waals surface area contributed by atoms with Crippen LogP contribution in [0.3, 0.4) is 0 Å². The molecule has 1 saturated heterocycles. The molecule has 0 saturated carbocycles. The van der Waals surface area contributed by atoms with E-state index in [0.29, 0.717) is 13.1 Å². The number of carbonyl (C=O) groups excluding carboxylic acids is 1. The largest absolute Gasteiger partial charge is 0.443 e. The quantitative estimate of drug-likeness (QED) is 0.779. The summed E-state index contributed by atoms with van der Waals surface area (Å²) in [5, 5.41) is 0. The SMILES string of the molecule is NCC1CN(c2ccc3c(c2)Cc2cccnc2-3)C(=O)O1. The maximum atomic E-state index is 11.9. The van der Waals surface area contributed by atoms with Gasteiger partial charge in [-0.1, -0.05) is 12.1 Å². The van der Waals surface area contributed by atoms with Crippen molar-refractivity contribution in [1.29, 1.82) is 0 Å². The summed E-state index contributed by atoms with van der Waals surface area (Å²) in [6, 6.07) is 10.1. The summed E-state index contributed by atoms with van der Waals surface area (Å²) in [5.41, 5.74) is 11.1. The average Bonchev–Trinajstić information content (AvgIpc) is 3.06. The lowest BCUT2D eigenvalue weighted by atomic mass is 10.1. The second kappa shape index (κ2) is 4.56. The molecule has 1 unspecified atom stereocenters. The highest BCUT2D eigenvalue weighted by Crippen LogP contribution is 2.37. The van der Waals surface area contributed by atoms with Crippen LogP contribution < -0.4 is 10.6 Å². The number of pyridine rings is 1. The molecule has 2 aromatic rings. The lowest BCUT2D eigenvalue weighted by Crippen LogP contribution is -2.27. The summed E-state index contributed by atoms with van der Waals surface area (Å²) in [5.74, 6) is 0. The number of aromatic nitrogens is 1. The fraction of sp³-hybridized carbons (Fsp3) is 0.250. The zero-order chi connectivity index (χ0) is 14.4. The van der Waals surface area contributed by atoms with Crippen LogP contribution in [-0.2, 0) is 11.2 Å². The molecule has 1 fully saturated rings. The van der Waals surface area contributed by atoms with Gasteiger partial charge in [0.2, 0.25) is 0 Å². The van der Waals surface area contributed by atoms with Gasteiger partial charge in [0.1, 0.15) is 6.10 Å². The van der Waals surface area contributed by atoms with E-state index in [1.165, 1.54) is 11.1 Å². The summed E-state index contributed by atoms with van der Waals surface area (Å²) in [6.07, 6.45) is 2.13. The molecule has 106 valence electrons. The van der Waals surface area contributed by atoms with Gasteiger partial charge in [-0.3, -0.25) is 9.88 Å². The van der Waals surface area contributed by atoms with Gasteiger partial charge in [0, 0.05) is 30.4 Å². The highest BCUT2D eigenvalue weighted by molar-refractivity contribution is 5.91. The van der Waals surface area contributed by atoms with Crippen molar-refractivity contribution < 1.29 is 9.53 Å². The number of hydrogen-bond acceptors (Lipinski definition) is 4.